The van der Waals surface area contributed by atoms with Gasteiger partial charge >= 0.3 is 0 Å². The average molecular weight is 287 g/mol. The molecule has 0 saturated carbocycles. The Hall–Kier alpha value is -2.56. The van der Waals surface area contributed by atoms with Gasteiger partial charge in [0.15, 0.2) is 0 Å². The van der Waals surface area contributed by atoms with Gasteiger partial charge in [-0.05, 0) is 48.9 Å². The van der Waals surface area contributed by atoms with Gasteiger partial charge in [0, 0.05) is 24.1 Å². The van der Waals surface area contributed by atoms with Crippen LogP contribution in [-0.4, -0.2) is 19.5 Å². The summed E-state index contributed by atoms with van der Waals surface area (Å²) in [6.45, 7) is 2.07. The molecule has 5 heteroatoms. The third kappa shape index (κ3) is 3.95. The molecule has 0 aromatic heterocycles. The highest BCUT2D eigenvalue weighted by Gasteiger charge is 2.09. The lowest BCUT2D eigenvalue weighted by Crippen LogP contribution is -2.30. The third-order valence-electron chi connectivity index (χ3n) is 3.18. The summed E-state index contributed by atoms with van der Waals surface area (Å²) in [7, 11) is 1.78. The smallest absolute Gasteiger partial charge is 0.243 e. The highest BCUT2D eigenvalue weighted by Crippen LogP contribution is 2.18. The summed E-state index contributed by atoms with van der Waals surface area (Å²) in [6, 6.07) is 11.4. The van der Waals surface area contributed by atoms with Crippen LogP contribution in [0.2, 0.25) is 0 Å². The lowest BCUT2D eigenvalue weighted by molar-refractivity contribution is -0.114. The minimum absolute atomic E-state index is 0.157. The van der Waals surface area contributed by atoms with Crippen LogP contribution in [0.5, 0.6) is 0 Å². The van der Waals surface area contributed by atoms with Crippen LogP contribution >= 0.6 is 0 Å². The van der Waals surface area contributed by atoms with Crippen LogP contribution in [0, 0.1) is 12.7 Å². The molecular weight excluding hydrogens is 269 g/mol. The van der Waals surface area contributed by atoms with E-state index >= 15 is 0 Å². The van der Waals surface area contributed by atoms with Gasteiger partial charge in [0.2, 0.25) is 5.91 Å². The Balaban J connectivity index is 2.01. The van der Waals surface area contributed by atoms with Gasteiger partial charge in [-0.3, -0.25) is 4.79 Å². The maximum Gasteiger partial charge on any atom is 0.243 e. The van der Waals surface area contributed by atoms with E-state index in [0.717, 1.165) is 11.3 Å². The Labute approximate surface area is 123 Å². The van der Waals surface area contributed by atoms with E-state index in [-0.39, 0.29) is 18.3 Å². The zero-order valence-corrected chi connectivity index (χ0v) is 12.1. The summed E-state index contributed by atoms with van der Waals surface area (Å²) < 4.78 is 12.9. The summed E-state index contributed by atoms with van der Waals surface area (Å²) in [5.74, 6) is -0.456. The van der Waals surface area contributed by atoms with Crippen molar-refractivity contribution in [3.8, 4) is 0 Å². The second-order valence-corrected chi connectivity index (χ2v) is 4.96. The molecule has 2 rings (SSSR count). The number of halogens is 1. The zero-order chi connectivity index (χ0) is 15.4. The van der Waals surface area contributed by atoms with Gasteiger partial charge in [-0.25, -0.2) is 4.39 Å². The standard InChI is InChI=1S/C16H18FN3O/c1-11-3-6-13(18)9-15(11)19-16(21)10-20(2)14-7-4-12(17)5-8-14/h3-9H,10,18H2,1-2H3,(H,19,21). The second-order valence-electron chi connectivity index (χ2n) is 4.96. The number of aryl methyl sites for hydroxylation is 1. The number of anilines is 3. The molecule has 0 aliphatic rings. The third-order valence-corrected chi connectivity index (χ3v) is 3.18. The fraction of sp³-hybridized carbons (Fsp3) is 0.188. The molecule has 0 atom stereocenters. The summed E-state index contributed by atoms with van der Waals surface area (Å²) in [4.78, 5) is 13.8. The molecule has 110 valence electrons. The first kappa shape index (κ1) is 14.8. The number of amides is 1. The molecule has 2 aromatic carbocycles. The number of carbonyl (C=O) groups excluding carboxylic acids is 1. The number of hydrogen-bond acceptors (Lipinski definition) is 3. The van der Waals surface area contributed by atoms with Gasteiger partial charge in [0.05, 0.1) is 6.54 Å². The zero-order valence-electron chi connectivity index (χ0n) is 12.1. The van der Waals surface area contributed by atoms with E-state index in [1.165, 1.54) is 12.1 Å². The molecule has 0 aliphatic carbocycles. The van der Waals surface area contributed by atoms with Crippen LogP contribution in [0.1, 0.15) is 5.56 Å². The fourth-order valence-corrected chi connectivity index (χ4v) is 1.97. The lowest BCUT2D eigenvalue weighted by atomic mass is 10.2. The molecule has 21 heavy (non-hydrogen) atoms. The normalized spacial score (nSPS) is 10.2. The first-order valence-electron chi connectivity index (χ1n) is 6.58. The molecule has 1 amide bonds. The monoisotopic (exact) mass is 287 g/mol. The average Bonchev–Trinajstić information content (AvgIpc) is 2.43. The van der Waals surface area contributed by atoms with Gasteiger partial charge in [-0.2, -0.15) is 0 Å². The Morgan fingerprint density at radius 2 is 1.90 bits per heavy atom. The first-order valence-corrected chi connectivity index (χ1v) is 6.58. The largest absolute Gasteiger partial charge is 0.399 e. The summed E-state index contributed by atoms with van der Waals surface area (Å²) in [6.07, 6.45) is 0. The van der Waals surface area contributed by atoms with Crippen LogP contribution in [0.15, 0.2) is 42.5 Å². The summed E-state index contributed by atoms with van der Waals surface area (Å²) in [5, 5.41) is 2.83. The van der Waals surface area contributed by atoms with Crippen molar-refractivity contribution in [1.29, 1.82) is 0 Å². The maximum atomic E-state index is 12.9. The van der Waals surface area contributed by atoms with Gasteiger partial charge in [0.25, 0.3) is 0 Å². The van der Waals surface area contributed by atoms with E-state index in [9.17, 15) is 9.18 Å². The van der Waals surface area contributed by atoms with E-state index < -0.39 is 0 Å². The molecule has 0 saturated heterocycles. The van der Waals surface area contributed by atoms with E-state index in [2.05, 4.69) is 5.32 Å². The fourth-order valence-electron chi connectivity index (χ4n) is 1.97. The number of carbonyl (C=O) groups is 1. The van der Waals surface area contributed by atoms with Gasteiger partial charge in [0.1, 0.15) is 5.82 Å². The first-order chi connectivity index (χ1) is 9.95. The van der Waals surface area contributed by atoms with E-state index in [4.69, 9.17) is 5.73 Å². The van der Waals surface area contributed by atoms with Gasteiger partial charge in [-0.15, -0.1) is 0 Å². The van der Waals surface area contributed by atoms with Crippen molar-refractivity contribution in [2.45, 2.75) is 6.92 Å². The van der Waals surface area contributed by atoms with Crippen LogP contribution < -0.4 is 16.0 Å². The molecule has 0 bridgehead atoms. The minimum Gasteiger partial charge on any atom is -0.399 e. The Morgan fingerprint density at radius 1 is 1.24 bits per heavy atom. The van der Waals surface area contributed by atoms with Crippen LogP contribution in [0.4, 0.5) is 21.5 Å². The van der Waals surface area contributed by atoms with Crippen molar-refractivity contribution < 1.29 is 9.18 Å². The molecule has 4 nitrogen and oxygen atoms in total. The van der Waals surface area contributed by atoms with Crippen molar-refractivity contribution >= 4 is 23.0 Å². The quantitative estimate of drug-likeness (QED) is 0.850. The summed E-state index contributed by atoms with van der Waals surface area (Å²) >= 11 is 0. The topological polar surface area (TPSA) is 58.4 Å². The number of likely N-dealkylation sites (N-methyl/N-ethyl adjacent to an activating group) is 1. The predicted molar refractivity (Wildman–Crippen MR) is 83.9 cm³/mol. The van der Waals surface area contributed by atoms with Crippen LogP contribution in [0.3, 0.4) is 0 Å². The number of benzene rings is 2. The predicted octanol–water partition coefficient (Wildman–Crippen LogP) is 2.79. The number of nitrogens with zero attached hydrogens (tertiary/aromatic N) is 1. The van der Waals surface area contributed by atoms with Crippen LogP contribution in [-0.2, 0) is 4.79 Å². The molecule has 0 unspecified atom stereocenters. The van der Waals surface area contributed by atoms with Gasteiger partial charge < -0.3 is 16.0 Å². The van der Waals surface area contributed by atoms with Crippen molar-refractivity contribution in [2.75, 3.05) is 29.5 Å². The molecule has 2 aromatic rings. The Morgan fingerprint density at radius 3 is 2.57 bits per heavy atom. The SMILES string of the molecule is Cc1ccc(N)cc1NC(=O)CN(C)c1ccc(F)cc1. The van der Waals surface area contributed by atoms with Crippen molar-refractivity contribution in [2.24, 2.45) is 0 Å². The molecular formula is C16H18FN3O. The molecule has 0 spiro atoms. The van der Waals surface area contributed by atoms with Crippen molar-refractivity contribution in [3.63, 3.8) is 0 Å². The number of nitrogens with two attached hydrogens (primary N) is 1. The molecule has 0 radical (unpaired) electrons. The molecule has 0 aliphatic heterocycles. The number of hydrogen-bond donors (Lipinski definition) is 2. The van der Waals surface area contributed by atoms with Crippen molar-refractivity contribution in [3.05, 3.63) is 53.8 Å². The van der Waals surface area contributed by atoms with Gasteiger partial charge in [-0.1, -0.05) is 6.07 Å². The molecule has 0 heterocycles. The maximum absolute atomic E-state index is 12.9. The number of nitrogens with one attached hydrogen (secondary N) is 1. The Bertz CT molecular complexity index is 640. The van der Waals surface area contributed by atoms with E-state index in [1.54, 1.807) is 36.2 Å². The lowest BCUT2D eigenvalue weighted by Gasteiger charge is -2.19. The minimum atomic E-state index is -0.299. The van der Waals surface area contributed by atoms with Crippen molar-refractivity contribution in [1.82, 2.24) is 0 Å². The van der Waals surface area contributed by atoms with E-state index in [0.29, 0.717) is 11.4 Å². The number of nitrogen functional groups attached to an aromatic ring is 1. The van der Waals surface area contributed by atoms with E-state index in [1.807, 2.05) is 13.0 Å². The Kier molecular flexibility index (Phi) is 4.42. The number of rotatable bonds is 4. The second kappa shape index (κ2) is 6.26. The highest BCUT2D eigenvalue weighted by atomic mass is 19.1. The molecule has 0 fully saturated rings. The van der Waals surface area contributed by atoms with Crippen LogP contribution in [0.25, 0.3) is 0 Å². The summed E-state index contributed by atoms with van der Waals surface area (Å²) in [5.41, 5.74) is 8.73. The molecule has 3 N–H and O–H groups in total. The highest BCUT2D eigenvalue weighted by molar-refractivity contribution is 5.95.